The highest BCUT2D eigenvalue weighted by molar-refractivity contribution is 5.26. The molecule has 1 aromatic rings. The fourth-order valence-electron chi connectivity index (χ4n) is 4.21. The number of hydrogen-bond donors (Lipinski definition) is 0. The van der Waals surface area contributed by atoms with Gasteiger partial charge in [-0.2, -0.15) is 0 Å². The molecule has 0 saturated heterocycles. The fourth-order valence-corrected chi connectivity index (χ4v) is 4.21. The number of benzene rings is 1. The Bertz CT molecular complexity index is 590. The van der Waals surface area contributed by atoms with Gasteiger partial charge in [0.2, 0.25) is 0 Å². The van der Waals surface area contributed by atoms with Gasteiger partial charge in [-0.25, -0.2) is 0 Å². The van der Waals surface area contributed by atoms with Crippen LogP contribution in [0.3, 0.4) is 0 Å². The van der Waals surface area contributed by atoms with Crippen LogP contribution in [0, 0.1) is 11.8 Å². The highest BCUT2D eigenvalue weighted by atomic mass is 14.3. The molecule has 3 atom stereocenters. The summed E-state index contributed by atoms with van der Waals surface area (Å²) in [7, 11) is 0. The summed E-state index contributed by atoms with van der Waals surface area (Å²) in [4.78, 5) is 0. The Morgan fingerprint density at radius 2 is 2.16 bits per heavy atom. The molecule has 1 aliphatic carbocycles. The van der Waals surface area contributed by atoms with E-state index in [4.69, 9.17) is 0 Å². The minimum absolute atomic E-state index is 0.671. The summed E-state index contributed by atoms with van der Waals surface area (Å²) in [6.07, 6.45) is 17.9. The van der Waals surface area contributed by atoms with Crippen LogP contribution in [0.5, 0.6) is 0 Å². The molecule has 25 heavy (non-hydrogen) atoms. The van der Waals surface area contributed by atoms with Gasteiger partial charge in [-0.15, -0.1) is 0 Å². The van der Waals surface area contributed by atoms with Gasteiger partial charge in [-0.3, -0.25) is 0 Å². The van der Waals surface area contributed by atoms with Crippen molar-refractivity contribution < 1.29 is 0 Å². The zero-order valence-corrected chi connectivity index (χ0v) is 16.5. The average molecular weight is 337 g/mol. The molecule has 0 heteroatoms. The van der Waals surface area contributed by atoms with Gasteiger partial charge >= 0.3 is 0 Å². The number of allylic oxidation sites excluding steroid dienone is 5. The van der Waals surface area contributed by atoms with E-state index in [1.54, 1.807) is 0 Å². The van der Waals surface area contributed by atoms with E-state index in [2.05, 4.69) is 75.9 Å². The van der Waals surface area contributed by atoms with Crippen LogP contribution in [0.15, 0.2) is 60.7 Å². The zero-order chi connectivity index (χ0) is 18.1. The highest BCUT2D eigenvalue weighted by Crippen LogP contribution is 2.37. The first-order valence-electron chi connectivity index (χ1n) is 10.2. The third kappa shape index (κ3) is 6.03. The Balaban J connectivity index is 1.90. The van der Waals surface area contributed by atoms with Crippen molar-refractivity contribution in [2.24, 2.45) is 11.8 Å². The molecule has 1 saturated carbocycles. The van der Waals surface area contributed by atoms with Gasteiger partial charge in [0.05, 0.1) is 0 Å². The summed E-state index contributed by atoms with van der Waals surface area (Å²) >= 11 is 0. The lowest BCUT2D eigenvalue weighted by Gasteiger charge is -2.30. The Morgan fingerprint density at radius 3 is 2.88 bits per heavy atom. The lowest BCUT2D eigenvalue weighted by molar-refractivity contribution is 0.275. The maximum Gasteiger partial charge on any atom is -0.0160 e. The molecule has 0 spiro atoms. The fraction of sp³-hybridized carbons (Fsp3) is 0.520. The number of hydrogen-bond acceptors (Lipinski definition) is 0. The molecular formula is C25H36. The van der Waals surface area contributed by atoms with Crippen molar-refractivity contribution in [2.75, 3.05) is 0 Å². The molecule has 0 amide bonds. The predicted octanol–water partition coefficient (Wildman–Crippen LogP) is 7.63. The third-order valence-corrected chi connectivity index (χ3v) is 5.91. The van der Waals surface area contributed by atoms with Crippen LogP contribution >= 0.6 is 0 Å². The molecular weight excluding hydrogens is 300 g/mol. The van der Waals surface area contributed by atoms with Gasteiger partial charge in [0.25, 0.3) is 0 Å². The zero-order valence-electron chi connectivity index (χ0n) is 16.5. The molecule has 0 N–H and O–H groups in total. The van der Waals surface area contributed by atoms with Crippen molar-refractivity contribution in [3.8, 4) is 0 Å². The Labute approximate surface area is 155 Å². The van der Waals surface area contributed by atoms with Crippen molar-refractivity contribution in [3.05, 3.63) is 71.8 Å². The smallest absolute Gasteiger partial charge is 0.0160 e. The van der Waals surface area contributed by atoms with E-state index in [0.717, 1.165) is 12.3 Å². The predicted molar refractivity (Wildman–Crippen MR) is 112 cm³/mol. The second kappa shape index (κ2) is 10.4. The van der Waals surface area contributed by atoms with Crippen LogP contribution in [0.1, 0.15) is 76.3 Å². The van der Waals surface area contributed by atoms with E-state index in [1.165, 1.54) is 55.2 Å². The molecule has 0 aromatic heterocycles. The van der Waals surface area contributed by atoms with Crippen molar-refractivity contribution in [1.82, 2.24) is 0 Å². The molecule has 2 unspecified atom stereocenters. The Morgan fingerprint density at radius 1 is 1.32 bits per heavy atom. The van der Waals surface area contributed by atoms with E-state index < -0.39 is 0 Å². The lowest BCUT2D eigenvalue weighted by Crippen LogP contribution is -2.17. The molecule has 136 valence electrons. The summed E-state index contributed by atoms with van der Waals surface area (Å²) in [6.45, 7) is 10.8. The maximum absolute atomic E-state index is 4.04. The minimum atomic E-state index is 0.671. The number of rotatable bonds is 8. The van der Waals surface area contributed by atoms with Crippen LogP contribution in [-0.2, 0) is 6.42 Å². The first-order valence-corrected chi connectivity index (χ1v) is 10.2. The van der Waals surface area contributed by atoms with E-state index in [9.17, 15) is 0 Å². The SMILES string of the molecule is C=C/C(=C\C=C/C)C1CCCC(CC[C@@H](C)c2cccc(CC)c2)C1. The third-order valence-electron chi connectivity index (χ3n) is 5.91. The van der Waals surface area contributed by atoms with Gasteiger partial charge in [-0.05, 0) is 73.5 Å². The van der Waals surface area contributed by atoms with Crippen LogP contribution in [0.25, 0.3) is 0 Å². The highest BCUT2D eigenvalue weighted by Gasteiger charge is 2.23. The molecule has 0 nitrogen and oxygen atoms in total. The van der Waals surface area contributed by atoms with E-state index in [-0.39, 0.29) is 0 Å². The molecule has 0 bridgehead atoms. The first kappa shape index (κ1) is 19.8. The van der Waals surface area contributed by atoms with E-state index in [0.29, 0.717) is 11.8 Å². The van der Waals surface area contributed by atoms with E-state index in [1.807, 2.05) is 0 Å². The van der Waals surface area contributed by atoms with Crippen LogP contribution in [0.2, 0.25) is 0 Å². The standard InChI is InChI=1S/C25H36/c1-5-8-13-23(7-3)25-15-10-12-22(19-25)17-16-20(4)24-14-9-11-21(6-2)18-24/h5,7-9,11,13-14,18,20,22,25H,3,6,10,12,15-17,19H2,1-2,4H3/b8-5-,23-13+/t20-,22?,25?/m1/s1. The maximum atomic E-state index is 4.04. The van der Waals surface area contributed by atoms with Crippen molar-refractivity contribution >= 4 is 0 Å². The largest absolute Gasteiger partial charge is 0.0988 e. The number of aryl methyl sites for hydroxylation is 1. The lowest BCUT2D eigenvalue weighted by atomic mass is 9.75. The second-order valence-corrected chi connectivity index (χ2v) is 7.70. The van der Waals surface area contributed by atoms with Gasteiger partial charge in [-0.1, -0.05) is 81.8 Å². The summed E-state index contributed by atoms with van der Waals surface area (Å²) in [5, 5.41) is 0. The van der Waals surface area contributed by atoms with E-state index >= 15 is 0 Å². The molecule has 1 fully saturated rings. The first-order chi connectivity index (χ1) is 12.2. The molecule has 0 radical (unpaired) electrons. The summed E-state index contributed by atoms with van der Waals surface area (Å²) < 4.78 is 0. The molecule has 0 heterocycles. The average Bonchev–Trinajstić information content (AvgIpc) is 2.67. The molecule has 0 aliphatic heterocycles. The quantitative estimate of drug-likeness (QED) is 0.428. The second-order valence-electron chi connectivity index (χ2n) is 7.70. The summed E-state index contributed by atoms with van der Waals surface area (Å²) in [5.41, 5.74) is 4.42. The van der Waals surface area contributed by atoms with Crippen molar-refractivity contribution in [1.29, 1.82) is 0 Å². The molecule has 1 aromatic carbocycles. The van der Waals surface area contributed by atoms with Crippen LogP contribution in [0.4, 0.5) is 0 Å². The summed E-state index contributed by atoms with van der Waals surface area (Å²) in [5.74, 6) is 2.26. The molecule has 1 aliphatic rings. The molecule has 2 rings (SSSR count). The van der Waals surface area contributed by atoms with Gasteiger partial charge in [0.1, 0.15) is 0 Å². The van der Waals surface area contributed by atoms with Crippen molar-refractivity contribution in [2.45, 2.75) is 71.6 Å². The monoisotopic (exact) mass is 336 g/mol. The van der Waals surface area contributed by atoms with Crippen LogP contribution in [-0.4, -0.2) is 0 Å². The summed E-state index contributed by atoms with van der Waals surface area (Å²) in [6, 6.07) is 9.19. The van der Waals surface area contributed by atoms with Crippen molar-refractivity contribution in [3.63, 3.8) is 0 Å². The Kier molecular flexibility index (Phi) is 8.25. The van der Waals surface area contributed by atoms with Gasteiger partial charge in [0, 0.05) is 0 Å². The normalized spacial score (nSPS) is 22.9. The minimum Gasteiger partial charge on any atom is -0.0988 e. The van der Waals surface area contributed by atoms with Crippen LogP contribution < -0.4 is 0 Å². The Hall–Kier alpha value is -1.56. The van der Waals surface area contributed by atoms with Gasteiger partial charge in [0.15, 0.2) is 0 Å². The topological polar surface area (TPSA) is 0 Å². The van der Waals surface area contributed by atoms with Gasteiger partial charge < -0.3 is 0 Å².